The van der Waals surface area contributed by atoms with Crippen LogP contribution in [0.5, 0.6) is 11.5 Å². The Morgan fingerprint density at radius 1 is 1.06 bits per heavy atom. The minimum atomic E-state index is -0.0264. The molecule has 1 aromatic heterocycles. The van der Waals surface area contributed by atoms with Gasteiger partial charge in [-0.3, -0.25) is 4.79 Å². The third-order valence-electron chi connectivity index (χ3n) is 5.48. The number of anilines is 1. The zero-order chi connectivity index (χ0) is 23.2. The molecule has 8 heteroatoms. The fraction of sp³-hybridized carbons (Fsp3) is 0.320. The van der Waals surface area contributed by atoms with Crippen molar-refractivity contribution < 1.29 is 18.7 Å². The maximum atomic E-state index is 12.8. The second-order valence-electron chi connectivity index (χ2n) is 7.67. The van der Waals surface area contributed by atoms with E-state index < -0.39 is 0 Å². The molecule has 1 amide bonds. The largest absolute Gasteiger partial charge is 0.497 e. The second-order valence-corrected chi connectivity index (χ2v) is 7.67. The van der Waals surface area contributed by atoms with Crippen LogP contribution in [-0.2, 0) is 0 Å². The Hall–Kier alpha value is -3.99. The minimum Gasteiger partial charge on any atom is -0.497 e. The summed E-state index contributed by atoms with van der Waals surface area (Å²) in [5.74, 6) is 2.30. The maximum absolute atomic E-state index is 12.8. The van der Waals surface area contributed by atoms with Crippen molar-refractivity contribution in [2.45, 2.75) is 13.3 Å². The van der Waals surface area contributed by atoms with Gasteiger partial charge in [-0.1, -0.05) is 6.92 Å². The van der Waals surface area contributed by atoms with Gasteiger partial charge in [-0.15, -0.1) is 0 Å². The number of carbonyl (C=O) groups is 1. The van der Waals surface area contributed by atoms with Crippen LogP contribution < -0.4 is 14.4 Å². The molecule has 33 heavy (non-hydrogen) atoms. The SMILES string of the molecule is CCCOc1ccc(-c2nc(C#N)c(N3CCN(C(=O)c4ccc(OC)cc4)CC3)o2)cc1. The number of ether oxygens (including phenoxy) is 2. The lowest BCUT2D eigenvalue weighted by atomic mass is 10.1. The number of nitrogens with zero attached hydrogens (tertiary/aromatic N) is 4. The van der Waals surface area contributed by atoms with E-state index in [4.69, 9.17) is 13.9 Å². The third kappa shape index (κ3) is 4.93. The first-order valence-electron chi connectivity index (χ1n) is 11.0. The predicted molar refractivity (Wildman–Crippen MR) is 124 cm³/mol. The topological polar surface area (TPSA) is 91.8 Å². The summed E-state index contributed by atoms with van der Waals surface area (Å²) >= 11 is 0. The predicted octanol–water partition coefficient (Wildman–Crippen LogP) is 3.97. The van der Waals surface area contributed by atoms with E-state index in [2.05, 4.69) is 18.0 Å². The van der Waals surface area contributed by atoms with Crippen molar-refractivity contribution in [1.82, 2.24) is 9.88 Å². The highest BCUT2D eigenvalue weighted by Gasteiger charge is 2.27. The zero-order valence-corrected chi connectivity index (χ0v) is 18.8. The summed E-state index contributed by atoms with van der Waals surface area (Å²) < 4.78 is 16.8. The summed E-state index contributed by atoms with van der Waals surface area (Å²) in [4.78, 5) is 21.0. The van der Waals surface area contributed by atoms with Crippen molar-refractivity contribution in [2.24, 2.45) is 0 Å². The van der Waals surface area contributed by atoms with E-state index in [1.54, 1.807) is 36.3 Å². The van der Waals surface area contributed by atoms with Crippen molar-refractivity contribution in [1.29, 1.82) is 5.26 Å². The smallest absolute Gasteiger partial charge is 0.253 e. The number of nitriles is 1. The van der Waals surface area contributed by atoms with Crippen LogP contribution in [0, 0.1) is 11.3 Å². The molecule has 170 valence electrons. The lowest BCUT2D eigenvalue weighted by Gasteiger charge is -2.34. The highest BCUT2D eigenvalue weighted by Crippen LogP contribution is 2.30. The number of hydrogen-bond acceptors (Lipinski definition) is 7. The molecule has 4 rings (SSSR count). The Balaban J connectivity index is 1.43. The number of methoxy groups -OCH3 is 1. The van der Waals surface area contributed by atoms with Gasteiger partial charge >= 0.3 is 0 Å². The molecule has 0 bridgehead atoms. The highest BCUT2D eigenvalue weighted by molar-refractivity contribution is 5.94. The van der Waals surface area contributed by atoms with Crippen molar-refractivity contribution in [2.75, 3.05) is 44.8 Å². The Morgan fingerprint density at radius 3 is 2.33 bits per heavy atom. The van der Waals surface area contributed by atoms with Crippen molar-refractivity contribution in [3.05, 3.63) is 59.8 Å². The number of benzene rings is 2. The molecule has 1 aliphatic rings. The van der Waals surface area contributed by atoms with E-state index in [1.807, 2.05) is 29.2 Å². The summed E-state index contributed by atoms with van der Waals surface area (Å²) in [6, 6.07) is 16.7. The molecule has 0 N–H and O–H groups in total. The first-order chi connectivity index (χ1) is 16.1. The van der Waals surface area contributed by atoms with Gasteiger partial charge in [0.05, 0.1) is 13.7 Å². The molecule has 1 fully saturated rings. The van der Waals surface area contributed by atoms with Crippen LogP contribution in [0.4, 0.5) is 5.88 Å². The zero-order valence-electron chi connectivity index (χ0n) is 18.8. The highest BCUT2D eigenvalue weighted by atomic mass is 16.5. The number of piperazine rings is 1. The van der Waals surface area contributed by atoms with Crippen LogP contribution in [0.2, 0.25) is 0 Å². The molecule has 0 unspecified atom stereocenters. The van der Waals surface area contributed by atoms with Gasteiger partial charge in [-0.25, -0.2) is 0 Å². The average molecular weight is 447 g/mol. The number of amides is 1. The summed E-state index contributed by atoms with van der Waals surface area (Å²) in [5.41, 5.74) is 1.64. The molecule has 2 aromatic carbocycles. The molecule has 0 spiro atoms. The van der Waals surface area contributed by atoms with Gasteiger partial charge in [0.1, 0.15) is 17.6 Å². The number of aromatic nitrogens is 1. The Kier molecular flexibility index (Phi) is 6.79. The normalized spacial score (nSPS) is 13.5. The van der Waals surface area contributed by atoms with Crippen molar-refractivity contribution in [3.8, 4) is 29.0 Å². The summed E-state index contributed by atoms with van der Waals surface area (Å²) in [7, 11) is 1.59. The Labute approximate surface area is 193 Å². The summed E-state index contributed by atoms with van der Waals surface area (Å²) in [6.07, 6.45) is 0.940. The molecule has 1 aliphatic heterocycles. The van der Waals surface area contributed by atoms with E-state index in [0.717, 1.165) is 17.7 Å². The molecular weight excluding hydrogens is 420 g/mol. The molecule has 0 aliphatic carbocycles. The Bertz CT molecular complexity index is 1120. The van der Waals surface area contributed by atoms with Crippen LogP contribution in [0.15, 0.2) is 52.9 Å². The number of carbonyl (C=O) groups excluding carboxylic acids is 1. The molecule has 3 aromatic rings. The van der Waals surface area contributed by atoms with E-state index >= 15 is 0 Å². The Morgan fingerprint density at radius 2 is 1.73 bits per heavy atom. The summed E-state index contributed by atoms with van der Waals surface area (Å²) in [5, 5.41) is 9.59. The lowest BCUT2D eigenvalue weighted by Crippen LogP contribution is -2.48. The first kappa shape index (κ1) is 22.2. The van der Waals surface area contributed by atoms with Gasteiger partial charge in [0.15, 0.2) is 0 Å². The number of hydrogen-bond donors (Lipinski definition) is 0. The number of rotatable bonds is 7. The standard InChI is InChI=1S/C25H26N4O4/c1-3-16-32-21-10-4-18(5-11-21)23-27-22(17-26)25(33-23)29-14-12-28(13-15-29)24(30)19-6-8-20(31-2)9-7-19/h4-11H,3,12-16H2,1-2H3. The van der Waals surface area contributed by atoms with Crippen LogP contribution in [0.25, 0.3) is 11.5 Å². The maximum Gasteiger partial charge on any atom is 0.253 e. The number of oxazole rings is 1. The molecule has 0 radical (unpaired) electrons. The average Bonchev–Trinajstić information content (AvgIpc) is 3.32. The van der Waals surface area contributed by atoms with E-state index in [0.29, 0.717) is 55.9 Å². The van der Waals surface area contributed by atoms with Crippen LogP contribution in [0.3, 0.4) is 0 Å². The first-order valence-corrected chi connectivity index (χ1v) is 11.0. The fourth-order valence-electron chi connectivity index (χ4n) is 3.67. The third-order valence-corrected chi connectivity index (χ3v) is 5.48. The molecule has 0 atom stereocenters. The molecule has 0 saturated carbocycles. The lowest BCUT2D eigenvalue weighted by molar-refractivity contribution is 0.0745. The van der Waals surface area contributed by atoms with Crippen LogP contribution in [-0.4, -0.2) is 55.7 Å². The molecular formula is C25H26N4O4. The monoisotopic (exact) mass is 446 g/mol. The summed E-state index contributed by atoms with van der Waals surface area (Å²) in [6.45, 7) is 4.86. The van der Waals surface area contributed by atoms with Crippen molar-refractivity contribution in [3.63, 3.8) is 0 Å². The molecule has 8 nitrogen and oxygen atoms in total. The second kappa shape index (κ2) is 10.1. The van der Waals surface area contributed by atoms with Gasteiger partial charge in [0, 0.05) is 37.3 Å². The van der Waals surface area contributed by atoms with E-state index in [9.17, 15) is 10.1 Å². The fourth-order valence-corrected chi connectivity index (χ4v) is 3.67. The van der Waals surface area contributed by atoms with Gasteiger partial charge < -0.3 is 23.7 Å². The molecule has 2 heterocycles. The molecule has 1 saturated heterocycles. The van der Waals surface area contributed by atoms with Crippen LogP contribution in [0.1, 0.15) is 29.4 Å². The van der Waals surface area contributed by atoms with Gasteiger partial charge in [0.25, 0.3) is 5.91 Å². The van der Waals surface area contributed by atoms with E-state index in [-0.39, 0.29) is 11.6 Å². The van der Waals surface area contributed by atoms with Crippen molar-refractivity contribution >= 4 is 11.8 Å². The van der Waals surface area contributed by atoms with Crippen LogP contribution >= 0.6 is 0 Å². The van der Waals surface area contributed by atoms with Gasteiger partial charge in [-0.05, 0) is 55.0 Å². The van der Waals surface area contributed by atoms with E-state index in [1.165, 1.54) is 0 Å². The minimum absolute atomic E-state index is 0.0264. The quantitative estimate of drug-likeness (QED) is 0.542. The van der Waals surface area contributed by atoms with Gasteiger partial charge in [-0.2, -0.15) is 10.2 Å². The van der Waals surface area contributed by atoms with Gasteiger partial charge in [0.2, 0.25) is 17.5 Å².